The molecule has 0 saturated carbocycles. The van der Waals surface area contributed by atoms with Gasteiger partial charge in [0.1, 0.15) is 0 Å². The predicted molar refractivity (Wildman–Crippen MR) is 72.5 cm³/mol. The number of ketones is 1. The third-order valence-electron chi connectivity index (χ3n) is 2.65. The number of imidazole rings is 1. The molecule has 0 atom stereocenters. The average Bonchev–Trinajstić information content (AvgIpc) is 3.04. The number of H-pyrrole nitrogens is 1. The van der Waals surface area contributed by atoms with E-state index in [0.717, 1.165) is 0 Å². The Labute approximate surface area is 116 Å². The van der Waals surface area contributed by atoms with Gasteiger partial charge < -0.3 is 14.8 Å². The second-order valence-electron chi connectivity index (χ2n) is 3.95. The third kappa shape index (κ3) is 2.26. The van der Waals surface area contributed by atoms with Gasteiger partial charge in [-0.15, -0.1) is 11.3 Å². The summed E-state index contributed by atoms with van der Waals surface area (Å²) in [6.07, 6.45) is -1.45. The number of fused-ring (bicyclic) bond motifs is 1. The van der Waals surface area contributed by atoms with Crippen LogP contribution in [0.15, 0.2) is 35.7 Å². The second-order valence-corrected chi connectivity index (χ2v) is 4.90. The van der Waals surface area contributed by atoms with Crippen molar-refractivity contribution in [2.24, 2.45) is 0 Å². The number of hydrogen-bond acceptors (Lipinski definition) is 5. The minimum Gasteiger partial charge on any atom is -0.449 e. The van der Waals surface area contributed by atoms with Crippen LogP contribution in [0, 0.1) is 0 Å². The summed E-state index contributed by atoms with van der Waals surface area (Å²) >= 11 is 1.36. The number of ether oxygens (including phenoxy) is 1. The standard InChI is InChI=1S/C13H8N2O4S/c16-11(10-2-1-5-20-10)7-3-4-8-9(6-7)15-12(14-8)19-13(17)18/h1-6H,(H,14,15)(H,17,18). The van der Waals surface area contributed by atoms with Crippen molar-refractivity contribution in [3.63, 3.8) is 0 Å². The van der Waals surface area contributed by atoms with Crippen LogP contribution in [0.3, 0.4) is 0 Å². The number of benzene rings is 1. The van der Waals surface area contributed by atoms with Crippen molar-refractivity contribution in [3.8, 4) is 6.01 Å². The molecular weight excluding hydrogens is 280 g/mol. The number of carbonyl (C=O) groups is 2. The summed E-state index contributed by atoms with van der Waals surface area (Å²) in [5.41, 5.74) is 1.57. The van der Waals surface area contributed by atoms with Gasteiger partial charge in [-0.1, -0.05) is 6.07 Å². The fourth-order valence-corrected chi connectivity index (χ4v) is 2.49. The SMILES string of the molecule is O=C(O)Oc1nc2cc(C(=O)c3cccs3)ccc2[nH]1. The number of nitrogens with zero attached hydrogens (tertiary/aromatic N) is 1. The van der Waals surface area contributed by atoms with E-state index in [1.165, 1.54) is 11.3 Å². The molecule has 0 fully saturated rings. The fourth-order valence-electron chi connectivity index (χ4n) is 1.80. The molecule has 3 aromatic rings. The van der Waals surface area contributed by atoms with Gasteiger partial charge >= 0.3 is 12.2 Å². The van der Waals surface area contributed by atoms with Crippen molar-refractivity contribution >= 4 is 34.3 Å². The summed E-state index contributed by atoms with van der Waals surface area (Å²) in [6.45, 7) is 0. The first kappa shape index (κ1) is 12.4. The summed E-state index contributed by atoms with van der Waals surface area (Å²) in [5, 5.41) is 10.4. The molecule has 0 saturated heterocycles. The molecule has 0 bridgehead atoms. The van der Waals surface area contributed by atoms with Crippen LogP contribution in [0.5, 0.6) is 6.01 Å². The van der Waals surface area contributed by atoms with Crippen LogP contribution in [-0.2, 0) is 0 Å². The third-order valence-corrected chi connectivity index (χ3v) is 3.52. The summed E-state index contributed by atoms with van der Waals surface area (Å²) in [6, 6.07) is 8.37. The largest absolute Gasteiger partial charge is 0.513 e. The molecule has 0 aliphatic heterocycles. The normalized spacial score (nSPS) is 10.6. The molecule has 2 aromatic heterocycles. The molecule has 20 heavy (non-hydrogen) atoms. The number of thiophene rings is 1. The Morgan fingerprint density at radius 3 is 2.85 bits per heavy atom. The van der Waals surface area contributed by atoms with Crippen molar-refractivity contribution in [1.82, 2.24) is 9.97 Å². The van der Waals surface area contributed by atoms with Crippen LogP contribution in [0.4, 0.5) is 4.79 Å². The Balaban J connectivity index is 1.98. The molecule has 0 amide bonds. The average molecular weight is 288 g/mol. The van der Waals surface area contributed by atoms with Crippen LogP contribution in [0.2, 0.25) is 0 Å². The molecule has 2 N–H and O–H groups in total. The van der Waals surface area contributed by atoms with Gasteiger partial charge in [-0.25, -0.2) is 4.79 Å². The predicted octanol–water partition coefficient (Wildman–Crippen LogP) is 2.91. The number of hydrogen-bond donors (Lipinski definition) is 2. The van der Waals surface area contributed by atoms with Crippen molar-refractivity contribution in [2.45, 2.75) is 0 Å². The zero-order chi connectivity index (χ0) is 14.1. The van der Waals surface area contributed by atoms with Crippen LogP contribution in [0.1, 0.15) is 15.2 Å². The van der Waals surface area contributed by atoms with Gasteiger partial charge in [0.25, 0.3) is 0 Å². The molecule has 7 heteroatoms. The molecule has 0 unspecified atom stereocenters. The molecule has 0 aliphatic carbocycles. The first-order chi connectivity index (χ1) is 9.63. The highest BCUT2D eigenvalue weighted by atomic mass is 32.1. The van der Waals surface area contributed by atoms with E-state index in [0.29, 0.717) is 21.5 Å². The van der Waals surface area contributed by atoms with E-state index in [1.54, 1.807) is 24.3 Å². The Bertz CT molecular complexity index is 792. The Hall–Kier alpha value is -2.67. The lowest BCUT2D eigenvalue weighted by Crippen LogP contribution is -2.03. The van der Waals surface area contributed by atoms with Gasteiger partial charge in [0.05, 0.1) is 15.9 Å². The first-order valence-corrected chi connectivity index (χ1v) is 6.50. The molecule has 0 radical (unpaired) electrons. The number of aromatic amines is 1. The molecule has 2 heterocycles. The Morgan fingerprint density at radius 2 is 2.15 bits per heavy atom. The highest BCUT2D eigenvalue weighted by Crippen LogP contribution is 2.21. The minimum atomic E-state index is -1.45. The van der Waals surface area contributed by atoms with E-state index in [9.17, 15) is 9.59 Å². The van der Waals surface area contributed by atoms with E-state index in [2.05, 4.69) is 14.7 Å². The molecule has 100 valence electrons. The zero-order valence-corrected chi connectivity index (χ0v) is 10.8. The van der Waals surface area contributed by atoms with Gasteiger partial charge in [-0.05, 0) is 29.6 Å². The highest BCUT2D eigenvalue weighted by Gasteiger charge is 2.13. The summed E-state index contributed by atoms with van der Waals surface area (Å²) in [5.74, 6) is -0.0920. The molecule has 0 aliphatic rings. The minimum absolute atomic E-state index is 0.0920. The maximum absolute atomic E-state index is 12.2. The lowest BCUT2D eigenvalue weighted by atomic mass is 10.1. The van der Waals surface area contributed by atoms with E-state index < -0.39 is 6.16 Å². The van der Waals surface area contributed by atoms with Crippen molar-refractivity contribution in [3.05, 3.63) is 46.2 Å². The molecule has 3 rings (SSSR count). The highest BCUT2D eigenvalue weighted by molar-refractivity contribution is 7.12. The van der Waals surface area contributed by atoms with Crippen LogP contribution >= 0.6 is 11.3 Å². The number of carbonyl (C=O) groups excluding carboxylic acids is 1. The summed E-state index contributed by atoms with van der Waals surface area (Å²) < 4.78 is 4.44. The molecule has 6 nitrogen and oxygen atoms in total. The topological polar surface area (TPSA) is 92.3 Å². The van der Waals surface area contributed by atoms with Gasteiger partial charge in [-0.2, -0.15) is 4.98 Å². The summed E-state index contributed by atoms with van der Waals surface area (Å²) in [7, 11) is 0. The van der Waals surface area contributed by atoms with Crippen LogP contribution < -0.4 is 4.74 Å². The fraction of sp³-hybridized carbons (Fsp3) is 0. The van der Waals surface area contributed by atoms with Gasteiger partial charge in [0.15, 0.2) is 0 Å². The van der Waals surface area contributed by atoms with Crippen LogP contribution in [0.25, 0.3) is 11.0 Å². The lowest BCUT2D eigenvalue weighted by molar-refractivity contribution is 0.104. The number of nitrogens with one attached hydrogen (secondary N) is 1. The quantitative estimate of drug-likeness (QED) is 0.571. The Kier molecular flexibility index (Phi) is 2.96. The summed E-state index contributed by atoms with van der Waals surface area (Å²) in [4.78, 5) is 29.9. The van der Waals surface area contributed by atoms with Gasteiger partial charge in [0.2, 0.25) is 5.78 Å². The van der Waals surface area contributed by atoms with E-state index in [1.807, 2.05) is 11.4 Å². The first-order valence-electron chi connectivity index (χ1n) is 5.62. The monoisotopic (exact) mass is 288 g/mol. The van der Waals surface area contributed by atoms with Crippen molar-refractivity contribution < 1.29 is 19.4 Å². The number of carboxylic acid groups (broad SMARTS) is 1. The van der Waals surface area contributed by atoms with Crippen molar-refractivity contribution in [1.29, 1.82) is 0 Å². The second kappa shape index (κ2) is 4.78. The molecular formula is C13H8N2O4S. The van der Waals surface area contributed by atoms with Crippen LogP contribution in [-0.4, -0.2) is 27.0 Å². The van der Waals surface area contributed by atoms with Gasteiger partial charge in [-0.3, -0.25) is 4.79 Å². The Morgan fingerprint density at radius 1 is 1.30 bits per heavy atom. The number of rotatable bonds is 3. The van der Waals surface area contributed by atoms with E-state index in [4.69, 9.17) is 5.11 Å². The molecule has 1 aromatic carbocycles. The maximum atomic E-state index is 12.2. The number of aromatic nitrogens is 2. The smallest absolute Gasteiger partial charge is 0.449 e. The zero-order valence-electron chi connectivity index (χ0n) is 9.99. The molecule has 0 spiro atoms. The van der Waals surface area contributed by atoms with Gasteiger partial charge in [0, 0.05) is 5.56 Å². The lowest BCUT2D eigenvalue weighted by Gasteiger charge is -1.97. The van der Waals surface area contributed by atoms with Crippen molar-refractivity contribution in [2.75, 3.05) is 0 Å². The van der Waals surface area contributed by atoms with E-state index >= 15 is 0 Å². The van der Waals surface area contributed by atoms with E-state index in [-0.39, 0.29) is 11.8 Å². The maximum Gasteiger partial charge on any atom is 0.513 e.